The third-order valence-electron chi connectivity index (χ3n) is 6.19. The zero-order valence-corrected chi connectivity index (χ0v) is 22.2. The standard InChI is InChI=1S/C29H34F2N2O4S/c1-2-21-8-6-9-22(14-21)19-32-20-28(34)27(17-23-15-24(30)18-25(31)16-23)33-29(35)12-7-13-38(36,37)26-10-4-3-5-11-26/h3-6,8-11,14-16,18,27-28,32,34H,2,7,12-13,17,19-20H2,1H3,(H,33,35)/t27-,28+/m1/s1. The molecule has 9 heteroatoms. The highest BCUT2D eigenvalue weighted by atomic mass is 32.2. The molecule has 0 aliphatic heterocycles. The Kier molecular flexibility index (Phi) is 10.9. The molecular weight excluding hydrogens is 510 g/mol. The van der Waals surface area contributed by atoms with Crippen LogP contribution in [-0.4, -0.2) is 43.9 Å². The van der Waals surface area contributed by atoms with Crippen molar-refractivity contribution in [1.82, 2.24) is 10.6 Å². The molecule has 0 radical (unpaired) electrons. The van der Waals surface area contributed by atoms with E-state index in [1.54, 1.807) is 18.2 Å². The SMILES string of the molecule is CCc1cccc(CNC[C@H](O)[C@@H](Cc2cc(F)cc(F)c2)NC(=O)CCCS(=O)(=O)c2ccccc2)c1. The Bertz CT molecular complexity index is 1280. The lowest BCUT2D eigenvalue weighted by atomic mass is 10.00. The number of hydrogen-bond donors (Lipinski definition) is 3. The first-order valence-corrected chi connectivity index (χ1v) is 14.3. The summed E-state index contributed by atoms with van der Waals surface area (Å²) in [5, 5.41) is 16.8. The van der Waals surface area contributed by atoms with E-state index in [-0.39, 0.29) is 42.0 Å². The lowest BCUT2D eigenvalue weighted by Crippen LogP contribution is -2.48. The van der Waals surface area contributed by atoms with Crippen molar-refractivity contribution < 1.29 is 27.1 Å². The van der Waals surface area contributed by atoms with Crippen molar-refractivity contribution in [1.29, 1.82) is 0 Å². The van der Waals surface area contributed by atoms with Gasteiger partial charge in [-0.2, -0.15) is 0 Å². The molecule has 1 amide bonds. The van der Waals surface area contributed by atoms with Crippen LogP contribution in [0.2, 0.25) is 0 Å². The van der Waals surface area contributed by atoms with Crippen LogP contribution in [0.3, 0.4) is 0 Å². The summed E-state index contributed by atoms with van der Waals surface area (Å²) in [6.07, 6.45) is -0.151. The number of aliphatic hydroxyl groups excluding tert-OH is 1. The van der Waals surface area contributed by atoms with Crippen molar-refractivity contribution >= 4 is 15.7 Å². The lowest BCUT2D eigenvalue weighted by molar-refractivity contribution is -0.122. The largest absolute Gasteiger partial charge is 0.390 e. The van der Waals surface area contributed by atoms with Gasteiger partial charge in [0.1, 0.15) is 11.6 Å². The Balaban J connectivity index is 1.60. The number of carbonyl (C=O) groups excluding carboxylic acids is 1. The molecule has 0 bridgehead atoms. The number of halogens is 2. The maximum absolute atomic E-state index is 13.8. The summed E-state index contributed by atoms with van der Waals surface area (Å²) in [5.74, 6) is -2.16. The van der Waals surface area contributed by atoms with Gasteiger partial charge in [-0.25, -0.2) is 17.2 Å². The first-order valence-electron chi connectivity index (χ1n) is 12.6. The van der Waals surface area contributed by atoms with E-state index in [0.717, 1.165) is 30.2 Å². The van der Waals surface area contributed by atoms with Crippen LogP contribution in [0, 0.1) is 11.6 Å². The van der Waals surface area contributed by atoms with Crippen LogP contribution in [-0.2, 0) is 34.0 Å². The van der Waals surface area contributed by atoms with Crippen molar-refractivity contribution in [3.63, 3.8) is 0 Å². The van der Waals surface area contributed by atoms with Crippen molar-refractivity contribution in [2.24, 2.45) is 0 Å². The summed E-state index contributed by atoms with van der Waals surface area (Å²) in [6, 6.07) is 18.3. The first-order chi connectivity index (χ1) is 18.2. The van der Waals surface area contributed by atoms with Crippen molar-refractivity contribution in [3.05, 3.63) is 101 Å². The van der Waals surface area contributed by atoms with Gasteiger partial charge in [0.15, 0.2) is 9.84 Å². The minimum Gasteiger partial charge on any atom is -0.390 e. The normalized spacial score (nSPS) is 13.2. The Morgan fingerprint density at radius 2 is 1.61 bits per heavy atom. The van der Waals surface area contributed by atoms with Gasteiger partial charge < -0.3 is 15.7 Å². The average Bonchev–Trinajstić information content (AvgIpc) is 2.88. The number of aliphatic hydroxyl groups is 1. The van der Waals surface area contributed by atoms with E-state index in [4.69, 9.17) is 0 Å². The number of aryl methyl sites for hydroxylation is 1. The van der Waals surface area contributed by atoms with Crippen molar-refractivity contribution in [2.75, 3.05) is 12.3 Å². The number of nitrogens with one attached hydrogen (secondary N) is 2. The molecule has 0 heterocycles. The summed E-state index contributed by atoms with van der Waals surface area (Å²) >= 11 is 0. The maximum atomic E-state index is 13.8. The molecule has 3 aromatic rings. The lowest BCUT2D eigenvalue weighted by Gasteiger charge is -2.25. The molecule has 0 aliphatic rings. The van der Waals surface area contributed by atoms with Gasteiger partial charge in [0.2, 0.25) is 5.91 Å². The van der Waals surface area contributed by atoms with Gasteiger partial charge in [-0.1, -0.05) is 49.4 Å². The second-order valence-corrected chi connectivity index (χ2v) is 11.4. The number of benzene rings is 3. The predicted molar refractivity (Wildman–Crippen MR) is 143 cm³/mol. The van der Waals surface area contributed by atoms with Crippen molar-refractivity contribution in [2.45, 2.75) is 56.2 Å². The molecule has 0 aromatic heterocycles. The van der Waals surface area contributed by atoms with Crippen LogP contribution < -0.4 is 10.6 Å². The minimum atomic E-state index is -3.53. The second kappa shape index (κ2) is 14.1. The number of sulfone groups is 1. The zero-order chi connectivity index (χ0) is 27.5. The van der Waals surface area contributed by atoms with E-state index >= 15 is 0 Å². The van der Waals surface area contributed by atoms with Gasteiger partial charge >= 0.3 is 0 Å². The van der Waals surface area contributed by atoms with Crippen molar-refractivity contribution in [3.8, 4) is 0 Å². The van der Waals surface area contributed by atoms with Crippen LogP contribution in [0.15, 0.2) is 77.7 Å². The molecule has 38 heavy (non-hydrogen) atoms. The van der Waals surface area contributed by atoms with Gasteiger partial charge in [-0.05, 0) is 60.2 Å². The topological polar surface area (TPSA) is 95.5 Å². The number of hydrogen-bond acceptors (Lipinski definition) is 5. The minimum absolute atomic E-state index is 0.00307. The van der Waals surface area contributed by atoms with Gasteiger partial charge in [-0.15, -0.1) is 0 Å². The Labute approximate surface area is 223 Å². The van der Waals surface area contributed by atoms with Crippen LogP contribution in [0.1, 0.15) is 36.5 Å². The van der Waals surface area contributed by atoms with E-state index in [2.05, 4.69) is 23.6 Å². The summed E-state index contributed by atoms with van der Waals surface area (Å²) in [4.78, 5) is 12.9. The molecule has 3 N–H and O–H groups in total. The molecule has 0 unspecified atom stereocenters. The van der Waals surface area contributed by atoms with E-state index < -0.39 is 39.5 Å². The van der Waals surface area contributed by atoms with Crippen LogP contribution in [0.5, 0.6) is 0 Å². The Hall–Kier alpha value is -3.14. The smallest absolute Gasteiger partial charge is 0.220 e. The number of amides is 1. The molecule has 0 fully saturated rings. The van der Waals surface area contributed by atoms with Crippen LogP contribution >= 0.6 is 0 Å². The quantitative estimate of drug-likeness (QED) is 0.286. The molecule has 6 nitrogen and oxygen atoms in total. The fourth-order valence-electron chi connectivity index (χ4n) is 4.18. The molecule has 204 valence electrons. The molecule has 2 atom stereocenters. The molecule has 0 spiro atoms. The Morgan fingerprint density at radius 1 is 0.921 bits per heavy atom. The Morgan fingerprint density at radius 3 is 2.29 bits per heavy atom. The fraction of sp³-hybridized carbons (Fsp3) is 0.345. The van der Waals surface area contributed by atoms with Gasteiger partial charge in [0.05, 0.1) is 22.8 Å². The highest BCUT2D eigenvalue weighted by molar-refractivity contribution is 7.91. The van der Waals surface area contributed by atoms with Gasteiger partial charge in [0.25, 0.3) is 0 Å². The number of rotatable bonds is 14. The molecule has 0 saturated carbocycles. The van der Waals surface area contributed by atoms with Gasteiger partial charge in [-0.3, -0.25) is 4.79 Å². The highest BCUT2D eigenvalue weighted by Gasteiger charge is 2.23. The summed E-state index contributed by atoms with van der Waals surface area (Å²) in [7, 11) is -3.53. The monoisotopic (exact) mass is 544 g/mol. The molecule has 0 aliphatic carbocycles. The molecule has 3 rings (SSSR count). The summed E-state index contributed by atoms with van der Waals surface area (Å²) in [6.45, 7) is 2.69. The first kappa shape index (κ1) is 29.4. The fourth-order valence-corrected chi connectivity index (χ4v) is 5.51. The summed E-state index contributed by atoms with van der Waals surface area (Å²) < 4.78 is 52.5. The van der Waals surface area contributed by atoms with E-state index in [1.807, 2.05) is 18.2 Å². The number of carbonyl (C=O) groups is 1. The third kappa shape index (κ3) is 9.31. The van der Waals surface area contributed by atoms with E-state index in [0.29, 0.717) is 6.54 Å². The van der Waals surface area contributed by atoms with Crippen LogP contribution in [0.25, 0.3) is 0 Å². The van der Waals surface area contributed by atoms with Crippen LogP contribution in [0.4, 0.5) is 8.78 Å². The highest BCUT2D eigenvalue weighted by Crippen LogP contribution is 2.14. The average molecular weight is 545 g/mol. The second-order valence-electron chi connectivity index (χ2n) is 9.26. The van der Waals surface area contributed by atoms with E-state index in [9.17, 15) is 27.1 Å². The summed E-state index contributed by atoms with van der Waals surface area (Å²) in [5.41, 5.74) is 2.52. The maximum Gasteiger partial charge on any atom is 0.220 e. The molecule has 3 aromatic carbocycles. The van der Waals surface area contributed by atoms with E-state index in [1.165, 1.54) is 17.7 Å². The van der Waals surface area contributed by atoms with Gasteiger partial charge in [0, 0.05) is 25.6 Å². The zero-order valence-electron chi connectivity index (χ0n) is 21.4. The predicted octanol–water partition coefficient (Wildman–Crippen LogP) is 3.96. The third-order valence-corrected chi connectivity index (χ3v) is 8.01. The molecular formula is C29H34F2N2O4S. The molecule has 0 saturated heterocycles.